The van der Waals surface area contributed by atoms with Gasteiger partial charge in [0.15, 0.2) is 0 Å². The van der Waals surface area contributed by atoms with Gasteiger partial charge in [0.2, 0.25) is 0 Å². The fourth-order valence-corrected chi connectivity index (χ4v) is 4.26. The monoisotopic (exact) mass is 482 g/mol. The van der Waals surface area contributed by atoms with E-state index in [1.165, 1.54) is 14.2 Å². The molecule has 0 aliphatic heterocycles. The van der Waals surface area contributed by atoms with Crippen molar-refractivity contribution in [1.82, 2.24) is 9.55 Å². The molecule has 0 N–H and O–H groups in total. The number of benzene rings is 3. The van der Waals surface area contributed by atoms with Crippen LogP contribution in [0.2, 0.25) is 0 Å². The first kappa shape index (κ1) is 24.9. The number of methoxy groups -OCH3 is 2. The molecule has 0 amide bonds. The zero-order valence-electron chi connectivity index (χ0n) is 20.9. The Bertz CT molecular complexity index is 1360. The molecule has 1 heterocycles. The first-order valence-corrected chi connectivity index (χ1v) is 12.1. The second kappa shape index (κ2) is 11.5. The molecule has 3 aromatic carbocycles. The van der Waals surface area contributed by atoms with Crippen LogP contribution in [0.4, 0.5) is 0 Å². The summed E-state index contributed by atoms with van der Waals surface area (Å²) in [5.41, 5.74) is 5.45. The molecule has 36 heavy (non-hydrogen) atoms. The predicted octanol–water partition coefficient (Wildman–Crippen LogP) is 6.18. The van der Waals surface area contributed by atoms with E-state index in [4.69, 9.17) is 14.5 Å². The van der Waals surface area contributed by atoms with Crippen molar-refractivity contribution in [3.05, 3.63) is 102 Å². The molecule has 6 nitrogen and oxygen atoms in total. The smallest absolute Gasteiger partial charge is 0.338 e. The van der Waals surface area contributed by atoms with Gasteiger partial charge in [0.25, 0.3) is 0 Å². The maximum atomic E-state index is 12.3. The normalized spacial score (nSPS) is 10.8. The van der Waals surface area contributed by atoms with Crippen molar-refractivity contribution in [3.8, 4) is 22.4 Å². The van der Waals surface area contributed by atoms with Crippen molar-refractivity contribution in [3.63, 3.8) is 0 Å². The molecule has 184 valence electrons. The van der Waals surface area contributed by atoms with Gasteiger partial charge in [-0.1, -0.05) is 74.0 Å². The van der Waals surface area contributed by atoms with Gasteiger partial charge in [0.05, 0.1) is 31.0 Å². The Labute approximate surface area is 211 Å². The zero-order valence-corrected chi connectivity index (χ0v) is 20.9. The van der Waals surface area contributed by atoms with Crippen LogP contribution in [-0.4, -0.2) is 35.7 Å². The van der Waals surface area contributed by atoms with Gasteiger partial charge in [-0.15, -0.1) is 0 Å². The fourth-order valence-electron chi connectivity index (χ4n) is 4.26. The molecule has 0 saturated carbocycles. The van der Waals surface area contributed by atoms with Crippen LogP contribution in [0.15, 0.2) is 79.0 Å². The van der Waals surface area contributed by atoms with Crippen LogP contribution >= 0.6 is 0 Å². The van der Waals surface area contributed by atoms with Crippen LogP contribution in [0, 0.1) is 0 Å². The first-order chi connectivity index (χ1) is 17.5. The second-order valence-corrected chi connectivity index (χ2v) is 8.55. The van der Waals surface area contributed by atoms with Crippen molar-refractivity contribution in [2.75, 3.05) is 14.2 Å². The Morgan fingerprint density at radius 2 is 1.39 bits per heavy atom. The number of hydrogen-bond acceptors (Lipinski definition) is 5. The molecule has 0 unspecified atom stereocenters. The minimum absolute atomic E-state index is 0.353. The molecule has 0 fully saturated rings. The molecule has 1 aromatic heterocycles. The summed E-state index contributed by atoms with van der Waals surface area (Å²) in [6, 6.07) is 23.0. The standard InChI is InChI=1S/C30H30N2O4/c1-4-5-14-28-31-27(24-11-7-9-13-26(24)30(34)36-3)20-32(28)19-21-15-17-22(18-16-21)23-10-6-8-12-25(23)29(33)35-2/h6-13,15-18,20H,4-5,14,19H2,1-3H3. The summed E-state index contributed by atoms with van der Waals surface area (Å²) in [5, 5.41) is 0. The predicted molar refractivity (Wildman–Crippen MR) is 140 cm³/mol. The van der Waals surface area contributed by atoms with E-state index in [1.54, 1.807) is 12.1 Å². The van der Waals surface area contributed by atoms with E-state index < -0.39 is 0 Å². The van der Waals surface area contributed by atoms with E-state index in [9.17, 15) is 9.59 Å². The fraction of sp³-hybridized carbons (Fsp3) is 0.233. The number of aryl methyl sites for hydroxylation is 1. The third kappa shape index (κ3) is 5.38. The summed E-state index contributed by atoms with van der Waals surface area (Å²) in [6.45, 7) is 2.80. The lowest BCUT2D eigenvalue weighted by molar-refractivity contribution is 0.0592. The quantitative estimate of drug-likeness (QED) is 0.266. The number of ether oxygens (including phenoxy) is 2. The topological polar surface area (TPSA) is 70.4 Å². The number of hydrogen-bond donors (Lipinski definition) is 0. The highest BCUT2D eigenvalue weighted by molar-refractivity contribution is 5.97. The second-order valence-electron chi connectivity index (χ2n) is 8.55. The van der Waals surface area contributed by atoms with Crippen LogP contribution in [0.1, 0.15) is 51.9 Å². The molecule has 0 aliphatic carbocycles. The lowest BCUT2D eigenvalue weighted by atomic mass is 9.98. The zero-order chi connectivity index (χ0) is 25.5. The Morgan fingerprint density at radius 1 is 0.806 bits per heavy atom. The van der Waals surface area contributed by atoms with Gasteiger partial charge in [-0.25, -0.2) is 14.6 Å². The van der Waals surface area contributed by atoms with Gasteiger partial charge < -0.3 is 14.0 Å². The van der Waals surface area contributed by atoms with Crippen molar-refractivity contribution in [2.24, 2.45) is 0 Å². The van der Waals surface area contributed by atoms with Crippen molar-refractivity contribution in [1.29, 1.82) is 0 Å². The van der Waals surface area contributed by atoms with E-state index in [1.807, 2.05) is 54.7 Å². The summed E-state index contributed by atoms with van der Waals surface area (Å²) in [6.07, 6.45) is 4.95. The molecule has 6 heteroatoms. The largest absolute Gasteiger partial charge is 0.465 e. The molecule has 0 atom stereocenters. The van der Waals surface area contributed by atoms with Gasteiger partial charge in [-0.05, 0) is 35.2 Å². The van der Waals surface area contributed by atoms with Gasteiger partial charge in [0.1, 0.15) is 5.82 Å². The average molecular weight is 483 g/mol. The maximum absolute atomic E-state index is 12.3. The number of nitrogens with zero attached hydrogens (tertiary/aromatic N) is 2. The van der Waals surface area contributed by atoms with Crippen LogP contribution in [0.25, 0.3) is 22.4 Å². The Hall–Kier alpha value is -4.19. The summed E-state index contributed by atoms with van der Waals surface area (Å²) in [4.78, 5) is 29.4. The molecular weight excluding hydrogens is 452 g/mol. The van der Waals surface area contributed by atoms with E-state index in [-0.39, 0.29) is 11.9 Å². The van der Waals surface area contributed by atoms with E-state index in [0.717, 1.165) is 53.0 Å². The SMILES string of the molecule is CCCCc1nc(-c2ccccc2C(=O)OC)cn1Cc1ccc(-c2ccccc2C(=O)OC)cc1. The number of carbonyl (C=O) groups excluding carboxylic acids is 2. The first-order valence-electron chi connectivity index (χ1n) is 12.1. The highest BCUT2D eigenvalue weighted by Gasteiger charge is 2.17. The van der Waals surface area contributed by atoms with Crippen LogP contribution in [0.5, 0.6) is 0 Å². The van der Waals surface area contributed by atoms with Crippen LogP contribution in [0.3, 0.4) is 0 Å². The number of unbranched alkanes of at least 4 members (excludes halogenated alkanes) is 1. The minimum Gasteiger partial charge on any atom is -0.465 e. The van der Waals surface area contributed by atoms with Crippen molar-refractivity contribution >= 4 is 11.9 Å². The molecule has 0 spiro atoms. The average Bonchev–Trinajstić information content (AvgIpc) is 3.33. The number of esters is 2. The molecule has 0 aliphatic rings. The molecule has 4 rings (SSSR count). The molecule has 0 bridgehead atoms. The Kier molecular flexibility index (Phi) is 7.95. The third-order valence-electron chi connectivity index (χ3n) is 6.17. The maximum Gasteiger partial charge on any atom is 0.338 e. The molecule has 0 saturated heterocycles. The summed E-state index contributed by atoms with van der Waals surface area (Å²) in [5.74, 6) is 0.248. The van der Waals surface area contributed by atoms with Gasteiger partial charge in [-0.3, -0.25) is 0 Å². The lowest BCUT2D eigenvalue weighted by Gasteiger charge is -2.10. The minimum atomic E-state index is -0.377. The van der Waals surface area contributed by atoms with E-state index in [2.05, 4.69) is 23.6 Å². The van der Waals surface area contributed by atoms with Gasteiger partial charge in [-0.2, -0.15) is 0 Å². The van der Waals surface area contributed by atoms with E-state index >= 15 is 0 Å². The highest BCUT2D eigenvalue weighted by Crippen LogP contribution is 2.27. The van der Waals surface area contributed by atoms with Gasteiger partial charge in [0, 0.05) is 24.7 Å². The lowest BCUT2D eigenvalue weighted by Crippen LogP contribution is -2.05. The Balaban J connectivity index is 1.65. The summed E-state index contributed by atoms with van der Waals surface area (Å²) >= 11 is 0. The number of rotatable bonds is 9. The number of aromatic nitrogens is 2. The molecule has 4 aromatic rings. The Morgan fingerprint density at radius 3 is 2.00 bits per heavy atom. The summed E-state index contributed by atoms with van der Waals surface area (Å²) < 4.78 is 12.1. The van der Waals surface area contributed by atoms with Crippen molar-refractivity contribution in [2.45, 2.75) is 32.7 Å². The van der Waals surface area contributed by atoms with Crippen LogP contribution in [-0.2, 0) is 22.4 Å². The van der Waals surface area contributed by atoms with Crippen LogP contribution < -0.4 is 0 Å². The van der Waals surface area contributed by atoms with E-state index in [0.29, 0.717) is 17.7 Å². The summed E-state index contributed by atoms with van der Waals surface area (Å²) in [7, 11) is 2.78. The molecule has 0 radical (unpaired) electrons. The number of imidazole rings is 1. The van der Waals surface area contributed by atoms with Crippen molar-refractivity contribution < 1.29 is 19.1 Å². The third-order valence-corrected chi connectivity index (χ3v) is 6.17. The van der Waals surface area contributed by atoms with Gasteiger partial charge >= 0.3 is 11.9 Å². The highest BCUT2D eigenvalue weighted by atomic mass is 16.5. The molecular formula is C30H30N2O4. The number of carbonyl (C=O) groups is 2.